The molecule has 2 heterocycles. The lowest BCUT2D eigenvalue weighted by Crippen LogP contribution is -2.45. The van der Waals surface area contributed by atoms with Gasteiger partial charge in [-0.25, -0.2) is 4.98 Å². The molecule has 6 heteroatoms. The van der Waals surface area contributed by atoms with E-state index in [0.29, 0.717) is 12.6 Å². The van der Waals surface area contributed by atoms with E-state index in [1.54, 1.807) is 11.3 Å². The molecule has 1 aliphatic heterocycles. The summed E-state index contributed by atoms with van der Waals surface area (Å²) in [5.74, 6) is -0.235. The zero-order valence-electron chi connectivity index (χ0n) is 13.2. The number of thiazole rings is 1. The van der Waals surface area contributed by atoms with E-state index in [-0.39, 0.29) is 11.3 Å². The van der Waals surface area contributed by atoms with Crippen molar-refractivity contribution < 1.29 is 4.79 Å². The van der Waals surface area contributed by atoms with Crippen molar-refractivity contribution in [1.29, 1.82) is 0 Å². The van der Waals surface area contributed by atoms with Gasteiger partial charge in [-0.1, -0.05) is 20.8 Å². The summed E-state index contributed by atoms with van der Waals surface area (Å²) in [6.45, 7) is 9.73. The second-order valence-electron chi connectivity index (χ2n) is 6.78. The highest BCUT2D eigenvalue weighted by molar-refractivity contribution is 7.11. The van der Waals surface area contributed by atoms with E-state index in [1.807, 2.05) is 6.20 Å². The fourth-order valence-corrected chi connectivity index (χ4v) is 3.42. The maximum absolute atomic E-state index is 10.9. The summed E-state index contributed by atoms with van der Waals surface area (Å²) < 4.78 is 0. The van der Waals surface area contributed by atoms with E-state index in [2.05, 4.69) is 36.0 Å². The molecule has 1 aromatic heterocycles. The first-order chi connectivity index (χ1) is 9.84. The maximum Gasteiger partial charge on any atom is 0.231 e. The van der Waals surface area contributed by atoms with Crippen molar-refractivity contribution in [1.82, 2.24) is 15.2 Å². The van der Waals surface area contributed by atoms with Gasteiger partial charge in [0.25, 0.3) is 0 Å². The van der Waals surface area contributed by atoms with Crippen LogP contribution in [0.15, 0.2) is 6.20 Å². The molecule has 0 unspecified atom stereocenters. The Morgan fingerprint density at radius 1 is 1.48 bits per heavy atom. The van der Waals surface area contributed by atoms with Crippen LogP contribution >= 0.6 is 11.3 Å². The number of hydrogen-bond donors (Lipinski definition) is 2. The van der Waals surface area contributed by atoms with Crippen molar-refractivity contribution in [3.8, 4) is 0 Å². The number of nitrogens with two attached hydrogens (primary N) is 1. The molecule has 3 N–H and O–H groups in total. The van der Waals surface area contributed by atoms with Crippen LogP contribution in [0.2, 0.25) is 0 Å². The predicted octanol–water partition coefficient (Wildman–Crippen LogP) is 1.48. The summed E-state index contributed by atoms with van der Waals surface area (Å²) >= 11 is 1.79. The third kappa shape index (κ3) is 5.05. The lowest BCUT2D eigenvalue weighted by Gasteiger charge is -2.31. The monoisotopic (exact) mass is 310 g/mol. The zero-order chi connectivity index (χ0) is 15.5. The van der Waals surface area contributed by atoms with Crippen LogP contribution in [0.1, 0.15) is 43.5 Å². The van der Waals surface area contributed by atoms with Gasteiger partial charge in [0, 0.05) is 42.2 Å². The smallest absolute Gasteiger partial charge is 0.231 e. The summed E-state index contributed by atoms with van der Waals surface area (Å²) in [4.78, 5) is 18.8. The Morgan fingerprint density at radius 3 is 2.67 bits per heavy atom. The lowest BCUT2D eigenvalue weighted by molar-refractivity contribution is -0.119. The van der Waals surface area contributed by atoms with Crippen LogP contribution in [-0.2, 0) is 16.8 Å². The van der Waals surface area contributed by atoms with E-state index < -0.39 is 0 Å². The second-order valence-corrected chi connectivity index (χ2v) is 7.89. The van der Waals surface area contributed by atoms with Crippen LogP contribution in [0.4, 0.5) is 0 Å². The lowest BCUT2D eigenvalue weighted by atomic mass is 9.98. The molecule has 1 aliphatic rings. The minimum atomic E-state index is -0.235. The summed E-state index contributed by atoms with van der Waals surface area (Å²) in [6.07, 6.45) is 4.12. The van der Waals surface area contributed by atoms with Crippen LogP contribution in [-0.4, -0.2) is 41.5 Å². The van der Waals surface area contributed by atoms with Gasteiger partial charge in [-0.15, -0.1) is 11.3 Å². The SMILES string of the molecule is CC(C)(C)c1ncc(CNC2CCN(CC(N)=O)CC2)s1. The predicted molar refractivity (Wildman–Crippen MR) is 86.3 cm³/mol. The Balaban J connectivity index is 1.75. The Bertz CT molecular complexity index is 472. The van der Waals surface area contributed by atoms with Crippen molar-refractivity contribution in [3.63, 3.8) is 0 Å². The van der Waals surface area contributed by atoms with Crippen molar-refractivity contribution >= 4 is 17.2 Å². The van der Waals surface area contributed by atoms with Crippen LogP contribution < -0.4 is 11.1 Å². The zero-order valence-corrected chi connectivity index (χ0v) is 14.0. The quantitative estimate of drug-likeness (QED) is 0.864. The number of aromatic nitrogens is 1. The molecule has 5 nitrogen and oxygen atoms in total. The second kappa shape index (κ2) is 6.85. The number of primary amides is 1. The third-order valence-corrected chi connectivity index (χ3v) is 5.15. The Morgan fingerprint density at radius 2 is 2.14 bits per heavy atom. The van der Waals surface area contributed by atoms with Crippen LogP contribution in [0.5, 0.6) is 0 Å². The van der Waals surface area contributed by atoms with Gasteiger partial charge < -0.3 is 11.1 Å². The van der Waals surface area contributed by atoms with Crippen molar-refractivity contribution in [3.05, 3.63) is 16.1 Å². The number of nitrogens with one attached hydrogen (secondary N) is 1. The van der Waals surface area contributed by atoms with E-state index >= 15 is 0 Å². The Hall–Kier alpha value is -0.980. The van der Waals surface area contributed by atoms with E-state index in [1.165, 1.54) is 9.88 Å². The highest BCUT2D eigenvalue weighted by atomic mass is 32.1. The molecular formula is C15H26N4OS. The maximum atomic E-state index is 10.9. The van der Waals surface area contributed by atoms with Gasteiger partial charge in [0.05, 0.1) is 11.6 Å². The molecule has 1 fully saturated rings. The summed E-state index contributed by atoms with van der Waals surface area (Å²) in [5, 5.41) is 4.79. The molecule has 2 rings (SSSR count). The van der Waals surface area contributed by atoms with Crippen molar-refractivity contribution in [2.75, 3.05) is 19.6 Å². The topological polar surface area (TPSA) is 71.2 Å². The van der Waals surface area contributed by atoms with E-state index in [4.69, 9.17) is 5.73 Å². The molecule has 1 amide bonds. The molecule has 0 radical (unpaired) electrons. The number of nitrogens with zero attached hydrogens (tertiary/aromatic N) is 2. The van der Waals surface area contributed by atoms with Gasteiger partial charge in [0.1, 0.15) is 0 Å². The fourth-order valence-electron chi connectivity index (χ4n) is 2.50. The minimum absolute atomic E-state index is 0.128. The first-order valence-electron chi connectivity index (χ1n) is 7.54. The van der Waals surface area contributed by atoms with Gasteiger partial charge in [-0.05, 0) is 12.8 Å². The van der Waals surface area contributed by atoms with E-state index in [9.17, 15) is 4.79 Å². The molecule has 0 spiro atoms. The molecule has 0 saturated carbocycles. The van der Waals surface area contributed by atoms with Gasteiger partial charge in [0.2, 0.25) is 5.91 Å². The summed E-state index contributed by atoms with van der Waals surface area (Å²) in [7, 11) is 0. The molecule has 1 aromatic rings. The number of rotatable bonds is 5. The Kier molecular flexibility index (Phi) is 5.35. The molecular weight excluding hydrogens is 284 g/mol. The van der Waals surface area contributed by atoms with Crippen LogP contribution in [0, 0.1) is 0 Å². The highest BCUT2D eigenvalue weighted by Crippen LogP contribution is 2.26. The Labute approximate surface area is 130 Å². The molecule has 0 aliphatic carbocycles. The van der Waals surface area contributed by atoms with Gasteiger partial charge in [0.15, 0.2) is 0 Å². The normalized spacial score (nSPS) is 18.0. The molecule has 0 bridgehead atoms. The number of likely N-dealkylation sites (tertiary alicyclic amines) is 1. The number of hydrogen-bond acceptors (Lipinski definition) is 5. The number of amides is 1. The van der Waals surface area contributed by atoms with Crippen LogP contribution in [0.25, 0.3) is 0 Å². The largest absolute Gasteiger partial charge is 0.369 e. The first kappa shape index (κ1) is 16.4. The minimum Gasteiger partial charge on any atom is -0.369 e. The number of carbonyl (C=O) groups is 1. The summed E-state index contributed by atoms with van der Waals surface area (Å²) in [5.41, 5.74) is 5.36. The summed E-state index contributed by atoms with van der Waals surface area (Å²) in [6, 6.07) is 0.523. The van der Waals surface area contributed by atoms with Gasteiger partial charge in [-0.3, -0.25) is 9.69 Å². The molecule has 21 heavy (non-hydrogen) atoms. The number of carbonyl (C=O) groups excluding carboxylic acids is 1. The standard InChI is InChI=1S/C15H26N4OS/c1-15(2,3)14-18-9-12(21-14)8-17-11-4-6-19(7-5-11)10-13(16)20/h9,11,17H,4-8,10H2,1-3H3,(H2,16,20). The number of piperidine rings is 1. The van der Waals surface area contributed by atoms with E-state index in [0.717, 1.165) is 32.5 Å². The van der Waals surface area contributed by atoms with Gasteiger partial charge >= 0.3 is 0 Å². The molecule has 0 atom stereocenters. The average Bonchev–Trinajstić information content (AvgIpc) is 2.86. The van der Waals surface area contributed by atoms with Gasteiger partial charge in [-0.2, -0.15) is 0 Å². The highest BCUT2D eigenvalue weighted by Gasteiger charge is 2.21. The van der Waals surface area contributed by atoms with Crippen molar-refractivity contribution in [2.45, 2.75) is 51.6 Å². The first-order valence-corrected chi connectivity index (χ1v) is 8.35. The van der Waals surface area contributed by atoms with Crippen molar-refractivity contribution in [2.24, 2.45) is 5.73 Å². The molecule has 0 aromatic carbocycles. The average molecular weight is 310 g/mol. The van der Waals surface area contributed by atoms with Crippen LogP contribution in [0.3, 0.4) is 0 Å². The fraction of sp³-hybridized carbons (Fsp3) is 0.733. The molecule has 118 valence electrons. The molecule has 1 saturated heterocycles. The third-order valence-electron chi connectivity index (χ3n) is 3.73.